The average molecular weight is 199 g/mol. The van der Waals surface area contributed by atoms with Crippen LogP contribution in [-0.4, -0.2) is 62.0 Å². The summed E-state index contributed by atoms with van der Waals surface area (Å²) in [5, 5.41) is 3.10. The van der Waals surface area contributed by atoms with Crippen molar-refractivity contribution in [1.82, 2.24) is 15.1 Å². The highest BCUT2D eigenvalue weighted by atomic mass is 16.2. The summed E-state index contributed by atoms with van der Waals surface area (Å²) in [5.74, 6) is 0.272. The molecule has 1 unspecified atom stereocenters. The summed E-state index contributed by atoms with van der Waals surface area (Å²) < 4.78 is 0. The Hall–Kier alpha value is -0.610. The quantitative estimate of drug-likeness (QED) is 0.678. The molecular formula is C10H21N3O. The number of piperazine rings is 1. The van der Waals surface area contributed by atoms with E-state index in [-0.39, 0.29) is 11.9 Å². The molecule has 4 heteroatoms. The molecular weight excluding hydrogens is 178 g/mol. The zero-order chi connectivity index (χ0) is 10.6. The Morgan fingerprint density at radius 1 is 1.50 bits per heavy atom. The number of hydrogen-bond donors (Lipinski definition) is 1. The maximum absolute atomic E-state index is 11.9. The predicted octanol–water partition coefficient (Wildman–Crippen LogP) is -0.242. The van der Waals surface area contributed by atoms with E-state index in [1.54, 1.807) is 0 Å². The molecule has 0 saturated carbocycles. The zero-order valence-corrected chi connectivity index (χ0v) is 9.42. The topological polar surface area (TPSA) is 35.6 Å². The van der Waals surface area contributed by atoms with Crippen molar-refractivity contribution < 1.29 is 4.79 Å². The van der Waals surface area contributed by atoms with Crippen LogP contribution in [-0.2, 0) is 4.79 Å². The lowest BCUT2D eigenvalue weighted by Gasteiger charge is -2.38. The highest BCUT2D eigenvalue weighted by molar-refractivity contribution is 5.82. The summed E-state index contributed by atoms with van der Waals surface area (Å²) in [6.45, 7) is 5.86. The van der Waals surface area contributed by atoms with E-state index < -0.39 is 0 Å². The van der Waals surface area contributed by atoms with Crippen LogP contribution in [0.4, 0.5) is 0 Å². The third-order valence-corrected chi connectivity index (χ3v) is 2.90. The second-order valence-corrected chi connectivity index (χ2v) is 3.80. The van der Waals surface area contributed by atoms with Gasteiger partial charge in [-0.25, -0.2) is 0 Å². The minimum Gasteiger partial charge on any atom is -0.343 e. The van der Waals surface area contributed by atoms with Gasteiger partial charge in [-0.05, 0) is 26.6 Å². The number of nitrogens with one attached hydrogen (secondary N) is 1. The fourth-order valence-corrected chi connectivity index (χ4v) is 1.92. The molecule has 0 radical (unpaired) electrons. The molecule has 0 aromatic heterocycles. The monoisotopic (exact) mass is 199 g/mol. The second-order valence-electron chi connectivity index (χ2n) is 3.80. The lowest BCUT2D eigenvalue weighted by Crippen LogP contribution is -2.56. The van der Waals surface area contributed by atoms with Gasteiger partial charge < -0.3 is 10.2 Å². The van der Waals surface area contributed by atoms with E-state index in [1.807, 2.05) is 19.0 Å². The number of carbonyl (C=O) groups excluding carboxylic acids is 1. The molecule has 1 rings (SSSR count). The van der Waals surface area contributed by atoms with Gasteiger partial charge in [0.05, 0.1) is 6.04 Å². The van der Waals surface area contributed by atoms with Gasteiger partial charge in [0.1, 0.15) is 0 Å². The zero-order valence-electron chi connectivity index (χ0n) is 9.42. The molecule has 0 aromatic carbocycles. The van der Waals surface area contributed by atoms with E-state index >= 15 is 0 Å². The number of carbonyl (C=O) groups is 1. The van der Waals surface area contributed by atoms with E-state index in [0.29, 0.717) is 0 Å². The van der Waals surface area contributed by atoms with Crippen molar-refractivity contribution in [3.05, 3.63) is 0 Å². The molecule has 0 spiro atoms. The van der Waals surface area contributed by atoms with Crippen LogP contribution in [0.5, 0.6) is 0 Å². The van der Waals surface area contributed by atoms with Crippen molar-refractivity contribution in [3.8, 4) is 0 Å². The van der Waals surface area contributed by atoms with Gasteiger partial charge in [0.15, 0.2) is 0 Å². The molecule has 1 saturated heterocycles. The summed E-state index contributed by atoms with van der Waals surface area (Å²) in [6, 6.07) is 0.0891. The first-order valence-electron chi connectivity index (χ1n) is 5.34. The maximum Gasteiger partial charge on any atom is 0.239 e. The van der Waals surface area contributed by atoms with Crippen molar-refractivity contribution in [2.24, 2.45) is 0 Å². The first-order chi connectivity index (χ1) is 6.70. The van der Waals surface area contributed by atoms with Crippen LogP contribution in [0, 0.1) is 0 Å². The molecule has 82 valence electrons. The lowest BCUT2D eigenvalue weighted by atomic mass is 10.1. The lowest BCUT2D eigenvalue weighted by molar-refractivity contribution is -0.140. The normalized spacial score (nSPS) is 24.4. The van der Waals surface area contributed by atoms with E-state index in [4.69, 9.17) is 0 Å². The van der Waals surface area contributed by atoms with Crippen LogP contribution < -0.4 is 5.32 Å². The number of nitrogens with zero attached hydrogens (tertiary/aromatic N) is 2. The molecule has 1 heterocycles. The molecule has 1 fully saturated rings. The van der Waals surface area contributed by atoms with E-state index in [2.05, 4.69) is 17.1 Å². The van der Waals surface area contributed by atoms with Crippen LogP contribution >= 0.6 is 0 Å². The third kappa shape index (κ3) is 2.45. The smallest absolute Gasteiger partial charge is 0.239 e. The standard InChI is InChI=1S/C10H21N3O/c1-4-13-8-7-12(3)10(14)9(13)5-6-11-2/h9,11H,4-8H2,1-3H3. The Bertz CT molecular complexity index is 196. The molecule has 1 atom stereocenters. The Morgan fingerprint density at radius 3 is 2.79 bits per heavy atom. The largest absolute Gasteiger partial charge is 0.343 e. The molecule has 1 aliphatic rings. The number of amides is 1. The summed E-state index contributed by atoms with van der Waals surface area (Å²) in [4.78, 5) is 16.0. The van der Waals surface area contributed by atoms with Gasteiger partial charge in [-0.15, -0.1) is 0 Å². The van der Waals surface area contributed by atoms with Crippen LogP contribution in [0.1, 0.15) is 13.3 Å². The molecule has 0 bridgehead atoms. The van der Waals surface area contributed by atoms with Crippen molar-refractivity contribution in [1.29, 1.82) is 0 Å². The highest BCUT2D eigenvalue weighted by Gasteiger charge is 2.31. The van der Waals surface area contributed by atoms with Crippen molar-refractivity contribution in [2.75, 3.05) is 40.3 Å². The number of hydrogen-bond acceptors (Lipinski definition) is 3. The summed E-state index contributed by atoms with van der Waals surface area (Å²) in [6.07, 6.45) is 0.910. The summed E-state index contributed by atoms with van der Waals surface area (Å²) >= 11 is 0. The Kier molecular flexibility index (Phi) is 4.35. The predicted molar refractivity (Wildman–Crippen MR) is 57.2 cm³/mol. The Labute approximate surface area is 86.2 Å². The van der Waals surface area contributed by atoms with Crippen LogP contribution in [0.15, 0.2) is 0 Å². The maximum atomic E-state index is 11.9. The van der Waals surface area contributed by atoms with E-state index in [9.17, 15) is 4.79 Å². The van der Waals surface area contributed by atoms with E-state index in [1.165, 1.54) is 0 Å². The fourth-order valence-electron chi connectivity index (χ4n) is 1.92. The molecule has 0 aromatic rings. The van der Waals surface area contributed by atoms with Crippen LogP contribution in [0.2, 0.25) is 0 Å². The van der Waals surface area contributed by atoms with Gasteiger partial charge in [0, 0.05) is 20.1 Å². The van der Waals surface area contributed by atoms with Crippen molar-refractivity contribution in [3.63, 3.8) is 0 Å². The molecule has 14 heavy (non-hydrogen) atoms. The highest BCUT2D eigenvalue weighted by Crippen LogP contribution is 2.12. The average Bonchev–Trinajstić information content (AvgIpc) is 2.20. The van der Waals surface area contributed by atoms with Gasteiger partial charge in [-0.3, -0.25) is 9.69 Å². The molecule has 0 aliphatic carbocycles. The van der Waals surface area contributed by atoms with Gasteiger partial charge in [-0.1, -0.05) is 6.92 Å². The summed E-state index contributed by atoms with van der Waals surface area (Å²) in [7, 11) is 3.81. The van der Waals surface area contributed by atoms with Crippen molar-refractivity contribution in [2.45, 2.75) is 19.4 Å². The summed E-state index contributed by atoms with van der Waals surface area (Å²) in [5.41, 5.74) is 0. The van der Waals surface area contributed by atoms with E-state index in [0.717, 1.165) is 32.6 Å². The second kappa shape index (κ2) is 5.32. The SMILES string of the molecule is CCN1CCN(C)C(=O)C1CCNC. The molecule has 1 N–H and O–H groups in total. The fraction of sp³-hybridized carbons (Fsp3) is 0.900. The Morgan fingerprint density at radius 2 is 2.21 bits per heavy atom. The minimum atomic E-state index is 0.0891. The first-order valence-corrected chi connectivity index (χ1v) is 5.34. The van der Waals surface area contributed by atoms with Gasteiger partial charge in [0.2, 0.25) is 5.91 Å². The Balaban J connectivity index is 2.57. The van der Waals surface area contributed by atoms with Crippen LogP contribution in [0.3, 0.4) is 0 Å². The van der Waals surface area contributed by atoms with Crippen molar-refractivity contribution >= 4 is 5.91 Å². The van der Waals surface area contributed by atoms with Gasteiger partial charge >= 0.3 is 0 Å². The number of likely N-dealkylation sites (N-methyl/N-ethyl adjacent to an activating group) is 2. The molecule has 1 aliphatic heterocycles. The van der Waals surface area contributed by atoms with Gasteiger partial charge in [0.25, 0.3) is 0 Å². The third-order valence-electron chi connectivity index (χ3n) is 2.90. The molecule has 4 nitrogen and oxygen atoms in total. The van der Waals surface area contributed by atoms with Gasteiger partial charge in [-0.2, -0.15) is 0 Å². The number of rotatable bonds is 4. The van der Waals surface area contributed by atoms with Crippen LogP contribution in [0.25, 0.3) is 0 Å². The molecule has 1 amide bonds. The first kappa shape index (κ1) is 11.5. The minimum absolute atomic E-state index is 0.0891.